The first-order valence-electron chi connectivity index (χ1n) is 7.97. The summed E-state index contributed by atoms with van der Waals surface area (Å²) in [7, 11) is 0. The SMILES string of the molecule is Cc1c(Cl)cccc1NC(=O)CNc1ccc(OCC(C)C)cc1. The van der Waals surface area contributed by atoms with Gasteiger partial charge >= 0.3 is 0 Å². The summed E-state index contributed by atoms with van der Waals surface area (Å²) in [6.07, 6.45) is 0. The average Bonchev–Trinajstić information content (AvgIpc) is 2.56. The Labute approximate surface area is 148 Å². The molecule has 0 unspecified atom stereocenters. The number of halogens is 1. The molecule has 2 N–H and O–H groups in total. The van der Waals surface area contributed by atoms with E-state index in [0.717, 1.165) is 22.7 Å². The molecule has 4 nitrogen and oxygen atoms in total. The molecular weight excluding hydrogens is 324 g/mol. The van der Waals surface area contributed by atoms with E-state index in [9.17, 15) is 4.79 Å². The second-order valence-corrected chi connectivity index (χ2v) is 6.45. The monoisotopic (exact) mass is 346 g/mol. The van der Waals surface area contributed by atoms with Crippen molar-refractivity contribution in [1.29, 1.82) is 0 Å². The Morgan fingerprint density at radius 1 is 1.17 bits per heavy atom. The zero-order valence-corrected chi connectivity index (χ0v) is 15.0. The van der Waals surface area contributed by atoms with Gasteiger partial charge in [-0.2, -0.15) is 0 Å². The molecule has 0 heterocycles. The van der Waals surface area contributed by atoms with E-state index >= 15 is 0 Å². The van der Waals surface area contributed by atoms with Gasteiger partial charge in [-0.1, -0.05) is 31.5 Å². The van der Waals surface area contributed by atoms with Crippen molar-refractivity contribution < 1.29 is 9.53 Å². The highest BCUT2D eigenvalue weighted by Gasteiger charge is 2.06. The van der Waals surface area contributed by atoms with Crippen LogP contribution in [0.15, 0.2) is 42.5 Å². The van der Waals surface area contributed by atoms with Crippen molar-refractivity contribution in [2.75, 3.05) is 23.8 Å². The maximum Gasteiger partial charge on any atom is 0.243 e. The molecule has 0 aromatic heterocycles. The number of nitrogens with one attached hydrogen (secondary N) is 2. The van der Waals surface area contributed by atoms with Gasteiger partial charge in [0.1, 0.15) is 5.75 Å². The van der Waals surface area contributed by atoms with Crippen LogP contribution in [0.5, 0.6) is 5.75 Å². The molecule has 0 bridgehead atoms. The van der Waals surface area contributed by atoms with E-state index < -0.39 is 0 Å². The van der Waals surface area contributed by atoms with Crippen LogP contribution in [0.1, 0.15) is 19.4 Å². The molecule has 2 aromatic rings. The summed E-state index contributed by atoms with van der Waals surface area (Å²) in [6.45, 7) is 6.96. The van der Waals surface area contributed by atoms with Crippen LogP contribution in [0.4, 0.5) is 11.4 Å². The molecule has 2 rings (SSSR count). The number of carbonyl (C=O) groups is 1. The Hall–Kier alpha value is -2.20. The van der Waals surface area contributed by atoms with E-state index in [1.807, 2.05) is 43.3 Å². The Kier molecular flexibility index (Phi) is 6.50. The number of amides is 1. The zero-order chi connectivity index (χ0) is 17.5. The third-order valence-corrected chi connectivity index (χ3v) is 3.84. The van der Waals surface area contributed by atoms with Gasteiger partial charge in [0, 0.05) is 16.4 Å². The highest BCUT2D eigenvalue weighted by molar-refractivity contribution is 6.31. The summed E-state index contributed by atoms with van der Waals surface area (Å²) in [5, 5.41) is 6.58. The van der Waals surface area contributed by atoms with Crippen molar-refractivity contribution in [3.05, 3.63) is 53.1 Å². The third kappa shape index (κ3) is 5.46. The van der Waals surface area contributed by atoms with Gasteiger partial charge in [-0.25, -0.2) is 0 Å². The van der Waals surface area contributed by atoms with Gasteiger partial charge in [-0.05, 0) is 54.8 Å². The van der Waals surface area contributed by atoms with Crippen molar-refractivity contribution in [3.8, 4) is 5.75 Å². The maximum atomic E-state index is 12.1. The van der Waals surface area contributed by atoms with Crippen LogP contribution in [0.25, 0.3) is 0 Å². The molecule has 0 atom stereocenters. The molecule has 0 fully saturated rings. The first-order valence-corrected chi connectivity index (χ1v) is 8.35. The Morgan fingerprint density at radius 3 is 2.54 bits per heavy atom. The van der Waals surface area contributed by atoms with Gasteiger partial charge < -0.3 is 15.4 Å². The van der Waals surface area contributed by atoms with Gasteiger partial charge in [0.05, 0.1) is 13.2 Å². The van der Waals surface area contributed by atoms with Crippen LogP contribution in [0.2, 0.25) is 5.02 Å². The summed E-state index contributed by atoms with van der Waals surface area (Å²) in [5.41, 5.74) is 2.45. The largest absolute Gasteiger partial charge is 0.493 e. The minimum Gasteiger partial charge on any atom is -0.493 e. The summed E-state index contributed by atoms with van der Waals surface area (Å²) in [6, 6.07) is 13.0. The van der Waals surface area contributed by atoms with E-state index in [1.54, 1.807) is 6.07 Å². The van der Waals surface area contributed by atoms with E-state index in [0.29, 0.717) is 17.5 Å². The molecule has 5 heteroatoms. The molecule has 1 amide bonds. The number of anilines is 2. The normalized spacial score (nSPS) is 10.5. The van der Waals surface area contributed by atoms with Gasteiger partial charge in [0.2, 0.25) is 5.91 Å². The predicted molar refractivity (Wildman–Crippen MR) is 100 cm³/mol. The molecule has 0 radical (unpaired) electrons. The van der Waals surface area contributed by atoms with E-state index in [2.05, 4.69) is 24.5 Å². The lowest BCUT2D eigenvalue weighted by Gasteiger charge is -2.12. The lowest BCUT2D eigenvalue weighted by molar-refractivity contribution is -0.114. The van der Waals surface area contributed by atoms with Crippen molar-refractivity contribution in [2.45, 2.75) is 20.8 Å². The van der Waals surface area contributed by atoms with Crippen LogP contribution in [-0.4, -0.2) is 19.1 Å². The lowest BCUT2D eigenvalue weighted by atomic mass is 10.2. The molecule has 0 spiro atoms. The molecule has 0 aliphatic heterocycles. The van der Waals surface area contributed by atoms with E-state index in [-0.39, 0.29) is 12.5 Å². The summed E-state index contributed by atoms with van der Waals surface area (Å²) in [5.74, 6) is 1.19. The van der Waals surface area contributed by atoms with E-state index in [4.69, 9.17) is 16.3 Å². The minimum atomic E-state index is -0.125. The van der Waals surface area contributed by atoms with Crippen LogP contribution >= 0.6 is 11.6 Å². The standard InChI is InChI=1S/C19H23ClN2O2/c1-13(2)12-24-16-9-7-15(8-10-16)21-11-19(23)22-18-6-4-5-17(20)14(18)3/h4-10,13,21H,11-12H2,1-3H3,(H,22,23). The zero-order valence-electron chi connectivity index (χ0n) is 14.2. The topological polar surface area (TPSA) is 50.4 Å². The summed E-state index contributed by atoms with van der Waals surface area (Å²) >= 11 is 6.05. The highest BCUT2D eigenvalue weighted by Crippen LogP contribution is 2.23. The molecule has 0 aliphatic carbocycles. The molecule has 0 aliphatic rings. The van der Waals surface area contributed by atoms with Crippen LogP contribution in [0.3, 0.4) is 0 Å². The van der Waals surface area contributed by atoms with Crippen molar-refractivity contribution in [1.82, 2.24) is 0 Å². The summed E-state index contributed by atoms with van der Waals surface area (Å²) in [4.78, 5) is 12.1. The second-order valence-electron chi connectivity index (χ2n) is 6.04. The number of carbonyl (C=O) groups excluding carboxylic acids is 1. The van der Waals surface area contributed by atoms with E-state index in [1.165, 1.54) is 0 Å². The van der Waals surface area contributed by atoms with Crippen LogP contribution in [-0.2, 0) is 4.79 Å². The molecule has 128 valence electrons. The summed E-state index contributed by atoms with van der Waals surface area (Å²) < 4.78 is 5.63. The number of ether oxygens (including phenoxy) is 1. The minimum absolute atomic E-state index is 0.125. The fourth-order valence-electron chi connectivity index (χ4n) is 2.05. The number of hydrogen-bond donors (Lipinski definition) is 2. The van der Waals surface area contributed by atoms with Gasteiger partial charge in [0.15, 0.2) is 0 Å². The Morgan fingerprint density at radius 2 is 1.88 bits per heavy atom. The first kappa shape index (κ1) is 18.1. The van der Waals surface area contributed by atoms with Crippen LogP contribution < -0.4 is 15.4 Å². The fourth-order valence-corrected chi connectivity index (χ4v) is 2.23. The quantitative estimate of drug-likeness (QED) is 0.761. The van der Waals surface area contributed by atoms with Gasteiger partial charge in [0.25, 0.3) is 0 Å². The smallest absolute Gasteiger partial charge is 0.243 e. The second kappa shape index (κ2) is 8.60. The molecule has 0 saturated heterocycles. The number of hydrogen-bond acceptors (Lipinski definition) is 3. The predicted octanol–water partition coefficient (Wildman–Crippen LogP) is 4.73. The molecule has 2 aromatic carbocycles. The van der Waals surface area contributed by atoms with Crippen molar-refractivity contribution >= 4 is 28.9 Å². The lowest BCUT2D eigenvalue weighted by Crippen LogP contribution is -2.22. The molecule has 0 saturated carbocycles. The average molecular weight is 347 g/mol. The van der Waals surface area contributed by atoms with Crippen molar-refractivity contribution in [2.24, 2.45) is 5.92 Å². The Balaban J connectivity index is 1.84. The molecular formula is C19H23ClN2O2. The van der Waals surface area contributed by atoms with Gasteiger partial charge in [-0.15, -0.1) is 0 Å². The number of rotatable bonds is 7. The highest BCUT2D eigenvalue weighted by atomic mass is 35.5. The maximum absolute atomic E-state index is 12.1. The fraction of sp³-hybridized carbons (Fsp3) is 0.316. The number of benzene rings is 2. The molecule has 24 heavy (non-hydrogen) atoms. The van der Waals surface area contributed by atoms with Crippen LogP contribution in [0, 0.1) is 12.8 Å². The first-order chi connectivity index (χ1) is 11.5. The van der Waals surface area contributed by atoms with Gasteiger partial charge in [-0.3, -0.25) is 4.79 Å². The Bertz CT molecular complexity index is 684. The van der Waals surface area contributed by atoms with Crippen molar-refractivity contribution in [3.63, 3.8) is 0 Å². The third-order valence-electron chi connectivity index (χ3n) is 3.43.